The molecule has 1 aromatic rings. The number of hydrogen-bond donors (Lipinski definition) is 2. The van der Waals surface area contributed by atoms with Gasteiger partial charge in [-0.3, -0.25) is 0 Å². The molecule has 2 aliphatic rings. The van der Waals surface area contributed by atoms with Gasteiger partial charge in [0, 0.05) is 16.0 Å². The SMILES string of the molecule is CC(C)Sc1ccc2c(c1C(=O)O)OB(O)C1CC21. The van der Waals surface area contributed by atoms with Crippen molar-refractivity contribution in [2.24, 2.45) is 0 Å². The van der Waals surface area contributed by atoms with Gasteiger partial charge in [0.05, 0.1) is 0 Å². The van der Waals surface area contributed by atoms with Crippen molar-refractivity contribution in [1.82, 2.24) is 0 Å². The van der Waals surface area contributed by atoms with Crippen molar-refractivity contribution in [3.05, 3.63) is 23.3 Å². The molecule has 3 rings (SSSR count). The van der Waals surface area contributed by atoms with E-state index < -0.39 is 13.1 Å². The summed E-state index contributed by atoms with van der Waals surface area (Å²) in [5.74, 6) is -0.233. The van der Waals surface area contributed by atoms with Crippen molar-refractivity contribution in [2.45, 2.75) is 42.1 Å². The fraction of sp³-hybridized carbons (Fsp3) is 0.462. The second kappa shape index (κ2) is 4.46. The number of carbonyl (C=O) groups is 1. The lowest BCUT2D eigenvalue weighted by Gasteiger charge is -2.23. The van der Waals surface area contributed by atoms with Gasteiger partial charge in [-0.25, -0.2) is 4.79 Å². The van der Waals surface area contributed by atoms with Gasteiger partial charge in [0.1, 0.15) is 11.3 Å². The maximum Gasteiger partial charge on any atom is 0.526 e. The highest BCUT2D eigenvalue weighted by Crippen LogP contribution is 2.60. The van der Waals surface area contributed by atoms with Crippen LogP contribution in [0, 0.1) is 0 Å². The summed E-state index contributed by atoms with van der Waals surface area (Å²) >= 11 is 1.50. The van der Waals surface area contributed by atoms with E-state index >= 15 is 0 Å². The van der Waals surface area contributed by atoms with Crippen LogP contribution < -0.4 is 4.65 Å². The fourth-order valence-corrected chi connectivity index (χ4v) is 3.60. The van der Waals surface area contributed by atoms with Crippen LogP contribution in [0.15, 0.2) is 17.0 Å². The van der Waals surface area contributed by atoms with Gasteiger partial charge < -0.3 is 14.8 Å². The lowest BCUT2D eigenvalue weighted by atomic mass is 9.77. The van der Waals surface area contributed by atoms with E-state index in [2.05, 4.69) is 0 Å². The third kappa shape index (κ3) is 2.13. The highest BCUT2D eigenvalue weighted by Gasteiger charge is 2.54. The smallest absolute Gasteiger partial charge is 0.526 e. The summed E-state index contributed by atoms with van der Waals surface area (Å²) in [4.78, 5) is 12.2. The predicted molar refractivity (Wildman–Crippen MR) is 74.1 cm³/mol. The molecule has 0 radical (unpaired) electrons. The summed E-state index contributed by atoms with van der Waals surface area (Å²) in [6.07, 6.45) is 0.879. The van der Waals surface area contributed by atoms with E-state index in [0.717, 1.165) is 12.0 Å². The molecule has 1 fully saturated rings. The number of rotatable bonds is 3. The Morgan fingerprint density at radius 3 is 2.89 bits per heavy atom. The molecular weight excluding hydrogens is 263 g/mol. The van der Waals surface area contributed by atoms with E-state index in [1.54, 1.807) is 0 Å². The zero-order valence-electron chi connectivity index (χ0n) is 10.8. The molecule has 100 valence electrons. The number of aromatic carboxylic acids is 1. The van der Waals surface area contributed by atoms with Crippen LogP contribution in [0.4, 0.5) is 0 Å². The summed E-state index contributed by atoms with van der Waals surface area (Å²) in [7, 11) is -0.866. The van der Waals surface area contributed by atoms with Gasteiger partial charge in [0.25, 0.3) is 0 Å². The molecule has 0 saturated heterocycles. The minimum atomic E-state index is -0.994. The maximum absolute atomic E-state index is 11.5. The van der Waals surface area contributed by atoms with Crippen molar-refractivity contribution in [3.63, 3.8) is 0 Å². The van der Waals surface area contributed by atoms with Crippen LogP contribution in [0.25, 0.3) is 0 Å². The van der Waals surface area contributed by atoms with Crippen LogP contribution in [-0.2, 0) is 0 Å². The zero-order valence-corrected chi connectivity index (χ0v) is 11.6. The maximum atomic E-state index is 11.5. The molecule has 0 amide bonds. The first-order valence-electron chi connectivity index (χ1n) is 6.40. The molecule has 2 N–H and O–H groups in total. The standard InChI is InChI=1S/C13H15BO4S/c1-6(2)19-10-4-3-7-8-5-9(8)14(17)18-12(7)11(10)13(15)16/h3-4,6,8-9,17H,5H2,1-2H3,(H,15,16). The Labute approximate surface area is 116 Å². The fourth-order valence-electron chi connectivity index (χ4n) is 2.65. The summed E-state index contributed by atoms with van der Waals surface area (Å²) in [6, 6.07) is 3.81. The minimum absolute atomic E-state index is 0.137. The Morgan fingerprint density at radius 2 is 2.26 bits per heavy atom. The summed E-state index contributed by atoms with van der Waals surface area (Å²) < 4.78 is 5.46. The number of thioether (sulfide) groups is 1. The second-order valence-corrected chi connectivity index (χ2v) is 6.96. The first-order chi connectivity index (χ1) is 8.99. The Morgan fingerprint density at radius 1 is 1.53 bits per heavy atom. The average molecular weight is 278 g/mol. The highest BCUT2D eigenvalue weighted by molar-refractivity contribution is 8.00. The van der Waals surface area contributed by atoms with Crippen LogP contribution in [-0.4, -0.2) is 28.5 Å². The molecule has 19 heavy (non-hydrogen) atoms. The van der Waals surface area contributed by atoms with Crippen LogP contribution in [0.5, 0.6) is 5.75 Å². The molecule has 4 nitrogen and oxygen atoms in total. The summed E-state index contributed by atoms with van der Waals surface area (Å²) in [5, 5.41) is 19.6. The molecule has 1 aromatic carbocycles. The monoisotopic (exact) mass is 278 g/mol. The zero-order chi connectivity index (χ0) is 13.7. The van der Waals surface area contributed by atoms with E-state index in [-0.39, 0.29) is 17.3 Å². The van der Waals surface area contributed by atoms with Crippen molar-refractivity contribution < 1.29 is 19.6 Å². The summed E-state index contributed by atoms with van der Waals surface area (Å²) in [6.45, 7) is 4.03. The minimum Gasteiger partial charge on any atom is -0.535 e. The third-order valence-corrected chi connectivity index (χ3v) is 4.64. The second-order valence-electron chi connectivity index (χ2n) is 5.34. The number of carboxylic acids is 1. The lowest BCUT2D eigenvalue weighted by molar-refractivity contribution is 0.0690. The molecule has 1 aliphatic carbocycles. The van der Waals surface area contributed by atoms with Crippen LogP contribution in [0.2, 0.25) is 5.82 Å². The van der Waals surface area contributed by atoms with Crippen LogP contribution in [0.1, 0.15) is 42.1 Å². The molecular formula is C13H15BO4S. The molecule has 0 aromatic heterocycles. The predicted octanol–water partition coefficient (Wildman–Crippen LogP) is 2.62. The lowest BCUT2D eigenvalue weighted by Crippen LogP contribution is -2.27. The molecule has 0 spiro atoms. The molecule has 6 heteroatoms. The number of benzene rings is 1. The largest absolute Gasteiger partial charge is 0.535 e. The van der Waals surface area contributed by atoms with Crippen molar-refractivity contribution >= 4 is 24.8 Å². The van der Waals surface area contributed by atoms with Crippen LogP contribution in [0.3, 0.4) is 0 Å². The van der Waals surface area contributed by atoms with E-state index in [1.807, 2.05) is 26.0 Å². The molecule has 2 unspecified atom stereocenters. The topological polar surface area (TPSA) is 66.8 Å². The van der Waals surface area contributed by atoms with Gasteiger partial charge in [0.2, 0.25) is 0 Å². The van der Waals surface area contributed by atoms with E-state index in [0.29, 0.717) is 15.9 Å². The Balaban J connectivity index is 2.10. The average Bonchev–Trinajstić information content (AvgIpc) is 3.07. The Hall–Kier alpha value is -1.14. The Bertz CT molecular complexity index is 546. The normalized spacial score (nSPS) is 23.7. The van der Waals surface area contributed by atoms with Gasteiger partial charge in [-0.2, -0.15) is 0 Å². The molecule has 1 heterocycles. The van der Waals surface area contributed by atoms with Gasteiger partial charge in [0.15, 0.2) is 0 Å². The summed E-state index contributed by atoms with van der Waals surface area (Å²) in [5.41, 5.74) is 1.13. The molecule has 2 atom stereocenters. The van der Waals surface area contributed by atoms with Gasteiger partial charge >= 0.3 is 13.1 Å². The third-order valence-electron chi connectivity index (χ3n) is 3.57. The number of carboxylic acid groups (broad SMARTS) is 1. The molecule has 0 bridgehead atoms. The van der Waals surface area contributed by atoms with Crippen molar-refractivity contribution in [2.75, 3.05) is 0 Å². The van der Waals surface area contributed by atoms with E-state index in [1.165, 1.54) is 11.8 Å². The van der Waals surface area contributed by atoms with E-state index in [4.69, 9.17) is 4.65 Å². The highest BCUT2D eigenvalue weighted by atomic mass is 32.2. The van der Waals surface area contributed by atoms with E-state index in [9.17, 15) is 14.9 Å². The van der Waals surface area contributed by atoms with Gasteiger partial charge in [-0.15, -0.1) is 11.8 Å². The van der Waals surface area contributed by atoms with Crippen molar-refractivity contribution in [3.8, 4) is 5.75 Å². The number of hydrogen-bond acceptors (Lipinski definition) is 4. The molecule has 1 aliphatic heterocycles. The van der Waals surface area contributed by atoms with Crippen molar-refractivity contribution in [1.29, 1.82) is 0 Å². The molecule has 1 saturated carbocycles. The quantitative estimate of drug-likeness (QED) is 0.657. The van der Waals surface area contributed by atoms with Gasteiger partial charge in [-0.1, -0.05) is 19.9 Å². The first-order valence-corrected chi connectivity index (χ1v) is 7.28. The van der Waals surface area contributed by atoms with Gasteiger partial charge in [-0.05, 0) is 24.0 Å². The van der Waals surface area contributed by atoms with Crippen LogP contribution >= 0.6 is 11.8 Å². The number of fused-ring (bicyclic) bond motifs is 3. The first kappa shape index (κ1) is 12.9. The Kier molecular flexibility index (Phi) is 3.02.